The molecule has 5 nitrogen and oxygen atoms in total. The summed E-state index contributed by atoms with van der Waals surface area (Å²) in [7, 11) is -3.84. The molecule has 3 aromatic rings. The minimum Gasteiger partial charge on any atom is -0.352 e. The third-order valence-electron chi connectivity index (χ3n) is 5.32. The molecule has 0 fully saturated rings. The number of nitrogens with one attached hydrogen (secondary N) is 1. The van der Waals surface area contributed by atoms with Crippen LogP contribution in [0.25, 0.3) is 0 Å². The summed E-state index contributed by atoms with van der Waals surface area (Å²) in [4.78, 5) is 12.6. The molecule has 0 saturated heterocycles. The van der Waals surface area contributed by atoms with Crippen LogP contribution >= 0.6 is 11.6 Å². The molecule has 1 amide bonds. The van der Waals surface area contributed by atoms with E-state index >= 15 is 0 Å². The molecule has 0 aromatic heterocycles. The molecule has 0 saturated carbocycles. The first-order chi connectivity index (χ1) is 15.7. The van der Waals surface area contributed by atoms with E-state index in [0.717, 1.165) is 17.5 Å². The minimum absolute atomic E-state index is 0.105. The average molecular weight is 485 g/mol. The molecule has 174 valence electrons. The Morgan fingerprint density at radius 3 is 2.30 bits per heavy atom. The number of anilines is 1. The van der Waals surface area contributed by atoms with E-state index < -0.39 is 10.0 Å². The van der Waals surface area contributed by atoms with Gasteiger partial charge in [0.2, 0.25) is 0 Å². The van der Waals surface area contributed by atoms with Gasteiger partial charge in [-0.15, -0.1) is 0 Å². The Morgan fingerprint density at radius 1 is 1.00 bits per heavy atom. The molecule has 7 heteroatoms. The number of aryl methyl sites for hydroxylation is 1. The van der Waals surface area contributed by atoms with E-state index in [1.807, 2.05) is 6.92 Å². The molecule has 0 bridgehead atoms. The number of carbonyl (C=O) groups is 1. The van der Waals surface area contributed by atoms with E-state index in [1.165, 1.54) is 4.31 Å². The van der Waals surface area contributed by atoms with Gasteiger partial charge < -0.3 is 5.32 Å². The fourth-order valence-corrected chi connectivity index (χ4v) is 5.07. The lowest BCUT2D eigenvalue weighted by molar-refractivity contribution is 0.0952. The van der Waals surface area contributed by atoms with E-state index in [1.54, 1.807) is 72.8 Å². The van der Waals surface area contributed by atoms with Crippen LogP contribution in [0.15, 0.2) is 77.7 Å². The average Bonchev–Trinajstić information content (AvgIpc) is 2.80. The summed E-state index contributed by atoms with van der Waals surface area (Å²) < 4.78 is 28.5. The summed E-state index contributed by atoms with van der Waals surface area (Å²) >= 11 is 6.21. The number of halogens is 1. The number of hydrogen-bond acceptors (Lipinski definition) is 3. The first-order valence-electron chi connectivity index (χ1n) is 10.9. The molecule has 0 aliphatic rings. The molecular formula is C26H29ClN2O3S. The Labute approximate surface area is 201 Å². The monoisotopic (exact) mass is 484 g/mol. The van der Waals surface area contributed by atoms with Crippen molar-refractivity contribution in [2.45, 2.75) is 38.6 Å². The van der Waals surface area contributed by atoms with Crippen LogP contribution in [-0.4, -0.2) is 20.9 Å². The lowest BCUT2D eigenvalue weighted by atomic mass is 10.1. The zero-order chi connectivity index (χ0) is 24.0. The second kappa shape index (κ2) is 10.9. The predicted octanol–water partition coefficient (Wildman–Crippen LogP) is 5.82. The van der Waals surface area contributed by atoms with Gasteiger partial charge in [-0.1, -0.05) is 61.8 Å². The predicted molar refractivity (Wildman–Crippen MR) is 134 cm³/mol. The van der Waals surface area contributed by atoms with Crippen molar-refractivity contribution in [3.63, 3.8) is 0 Å². The highest BCUT2D eigenvalue weighted by molar-refractivity contribution is 7.92. The van der Waals surface area contributed by atoms with Crippen LogP contribution in [0.2, 0.25) is 5.02 Å². The van der Waals surface area contributed by atoms with E-state index in [4.69, 9.17) is 11.6 Å². The summed E-state index contributed by atoms with van der Waals surface area (Å²) in [5, 5.41) is 3.37. The highest BCUT2D eigenvalue weighted by Gasteiger charge is 2.26. The molecule has 3 rings (SSSR count). The minimum atomic E-state index is -3.84. The van der Waals surface area contributed by atoms with Crippen molar-refractivity contribution in [2.75, 3.05) is 10.8 Å². The lowest BCUT2D eigenvalue weighted by Crippen LogP contribution is -2.31. The lowest BCUT2D eigenvalue weighted by Gasteiger charge is -2.26. The highest BCUT2D eigenvalue weighted by Crippen LogP contribution is 2.31. The fraction of sp³-hybridized carbons (Fsp3) is 0.269. The molecule has 1 N–H and O–H groups in total. The van der Waals surface area contributed by atoms with Crippen molar-refractivity contribution in [2.24, 2.45) is 5.92 Å². The summed E-state index contributed by atoms with van der Waals surface area (Å²) in [6, 6.07) is 20.5. The largest absolute Gasteiger partial charge is 0.352 e. The van der Waals surface area contributed by atoms with E-state index in [0.29, 0.717) is 28.7 Å². The number of hydrogen-bond donors (Lipinski definition) is 1. The van der Waals surface area contributed by atoms with Crippen LogP contribution in [-0.2, 0) is 16.6 Å². The molecule has 0 radical (unpaired) electrons. The normalized spacial score (nSPS) is 11.4. The summed E-state index contributed by atoms with van der Waals surface area (Å²) in [6.45, 7) is 6.79. The number of amides is 1. The van der Waals surface area contributed by atoms with Gasteiger partial charge in [-0.3, -0.25) is 9.10 Å². The van der Waals surface area contributed by atoms with E-state index in [2.05, 4.69) is 19.2 Å². The van der Waals surface area contributed by atoms with Crippen LogP contribution in [0.5, 0.6) is 0 Å². The molecule has 0 heterocycles. The SMILES string of the molecule is Cc1ccc(Cl)cc1N(Cc1ccc(C(=O)NCCC(C)C)cc1)S(=O)(=O)c1ccccc1. The van der Waals surface area contributed by atoms with Crippen molar-refractivity contribution in [1.29, 1.82) is 0 Å². The third kappa shape index (κ3) is 6.36. The van der Waals surface area contributed by atoms with Gasteiger partial charge in [0.05, 0.1) is 17.1 Å². The van der Waals surface area contributed by atoms with Crippen LogP contribution < -0.4 is 9.62 Å². The molecule has 0 aliphatic heterocycles. The summed E-state index contributed by atoms with van der Waals surface area (Å²) in [5.41, 5.74) is 2.61. The Morgan fingerprint density at radius 2 is 1.67 bits per heavy atom. The molecular weight excluding hydrogens is 456 g/mol. The molecule has 0 atom stereocenters. The van der Waals surface area contributed by atoms with Gasteiger partial charge in [-0.25, -0.2) is 8.42 Å². The zero-order valence-electron chi connectivity index (χ0n) is 19.1. The standard InChI is InChI=1S/C26H29ClN2O3S/c1-19(2)15-16-28-26(30)22-12-10-21(11-13-22)18-29(25-17-23(27)14-9-20(25)3)33(31,32)24-7-5-4-6-8-24/h4-14,17,19H,15-16,18H2,1-3H3,(H,28,30). The van der Waals surface area contributed by atoms with Crippen molar-refractivity contribution in [1.82, 2.24) is 5.32 Å². The van der Waals surface area contributed by atoms with Crippen LogP contribution in [0, 0.1) is 12.8 Å². The van der Waals surface area contributed by atoms with Gasteiger partial charge in [0.15, 0.2) is 0 Å². The van der Waals surface area contributed by atoms with Gasteiger partial charge in [0, 0.05) is 17.1 Å². The summed E-state index contributed by atoms with van der Waals surface area (Å²) in [5.74, 6) is 0.377. The fourth-order valence-electron chi connectivity index (χ4n) is 3.37. The third-order valence-corrected chi connectivity index (χ3v) is 7.33. The maximum Gasteiger partial charge on any atom is 0.264 e. The first-order valence-corrected chi connectivity index (χ1v) is 12.7. The van der Waals surface area contributed by atoms with E-state index in [9.17, 15) is 13.2 Å². The Balaban J connectivity index is 1.90. The number of sulfonamides is 1. The molecule has 3 aromatic carbocycles. The number of benzene rings is 3. The quantitative estimate of drug-likeness (QED) is 0.416. The van der Waals surface area contributed by atoms with Gasteiger partial charge in [0.1, 0.15) is 0 Å². The number of nitrogens with zero attached hydrogens (tertiary/aromatic N) is 1. The molecule has 0 aliphatic carbocycles. The van der Waals surface area contributed by atoms with Gasteiger partial charge in [-0.2, -0.15) is 0 Å². The second-order valence-corrected chi connectivity index (χ2v) is 10.7. The topological polar surface area (TPSA) is 66.5 Å². The Bertz CT molecular complexity index is 1190. The Kier molecular flexibility index (Phi) is 8.16. The second-order valence-electron chi connectivity index (χ2n) is 8.39. The Hall–Kier alpha value is -2.83. The van der Waals surface area contributed by atoms with Crippen LogP contribution in [0.1, 0.15) is 41.8 Å². The van der Waals surface area contributed by atoms with E-state index in [-0.39, 0.29) is 17.3 Å². The van der Waals surface area contributed by atoms with Crippen LogP contribution in [0.4, 0.5) is 5.69 Å². The number of carbonyl (C=O) groups excluding carboxylic acids is 1. The first kappa shape index (κ1) is 24.8. The number of rotatable bonds is 9. The van der Waals surface area contributed by atoms with Crippen molar-refractivity contribution >= 4 is 33.2 Å². The zero-order valence-corrected chi connectivity index (χ0v) is 20.7. The van der Waals surface area contributed by atoms with Crippen LogP contribution in [0.3, 0.4) is 0 Å². The molecule has 0 unspecified atom stereocenters. The van der Waals surface area contributed by atoms with Crippen molar-refractivity contribution in [3.05, 3.63) is 94.5 Å². The highest BCUT2D eigenvalue weighted by atomic mass is 35.5. The maximum atomic E-state index is 13.6. The van der Waals surface area contributed by atoms with Crippen molar-refractivity contribution < 1.29 is 13.2 Å². The summed E-state index contributed by atoms with van der Waals surface area (Å²) in [6.07, 6.45) is 0.912. The van der Waals surface area contributed by atoms with Crippen molar-refractivity contribution in [3.8, 4) is 0 Å². The smallest absolute Gasteiger partial charge is 0.264 e. The molecule has 0 spiro atoms. The van der Waals surface area contributed by atoms with Gasteiger partial charge in [0.25, 0.3) is 15.9 Å². The van der Waals surface area contributed by atoms with Gasteiger partial charge >= 0.3 is 0 Å². The van der Waals surface area contributed by atoms with Gasteiger partial charge in [-0.05, 0) is 66.8 Å². The molecule has 33 heavy (non-hydrogen) atoms. The maximum absolute atomic E-state index is 13.6.